The maximum Gasteiger partial charge on any atom is 0.337 e. The van der Waals surface area contributed by atoms with Crippen molar-refractivity contribution < 1.29 is 19.0 Å². The number of rotatable bonds is 6. The molecule has 0 fully saturated rings. The predicted molar refractivity (Wildman–Crippen MR) is 76.1 cm³/mol. The number of nitrogens with zero attached hydrogens (tertiary/aromatic N) is 1. The van der Waals surface area contributed by atoms with Crippen LogP contribution in [0.25, 0.3) is 0 Å². The van der Waals surface area contributed by atoms with Gasteiger partial charge in [-0.1, -0.05) is 0 Å². The van der Waals surface area contributed by atoms with E-state index in [0.29, 0.717) is 24.5 Å². The van der Waals surface area contributed by atoms with Gasteiger partial charge < -0.3 is 15.2 Å². The first-order chi connectivity index (χ1) is 10.1. The van der Waals surface area contributed by atoms with Crippen LogP contribution in [0.4, 0.5) is 10.1 Å². The lowest BCUT2D eigenvalue weighted by molar-refractivity contribution is 0.0696. The number of benzene rings is 1. The first-order valence-electron chi connectivity index (χ1n) is 6.44. The van der Waals surface area contributed by atoms with Crippen LogP contribution in [0.1, 0.15) is 23.0 Å². The quantitative estimate of drug-likeness (QED) is 0.856. The molecule has 6 heteroatoms. The maximum atomic E-state index is 13.7. The third kappa shape index (κ3) is 3.92. The van der Waals surface area contributed by atoms with Crippen LogP contribution in [0.2, 0.25) is 0 Å². The highest BCUT2D eigenvalue weighted by atomic mass is 19.1. The minimum absolute atomic E-state index is 0.130. The first kappa shape index (κ1) is 14.8. The second-order valence-corrected chi connectivity index (χ2v) is 4.28. The van der Waals surface area contributed by atoms with Crippen molar-refractivity contribution in [2.45, 2.75) is 13.5 Å². The summed E-state index contributed by atoms with van der Waals surface area (Å²) in [7, 11) is 0. The average molecular weight is 290 g/mol. The number of ether oxygens (including phenoxy) is 1. The molecule has 0 aliphatic rings. The van der Waals surface area contributed by atoms with E-state index in [0.717, 1.165) is 0 Å². The highest BCUT2D eigenvalue weighted by Gasteiger charge is 2.05. The monoisotopic (exact) mass is 290 g/mol. The summed E-state index contributed by atoms with van der Waals surface area (Å²) in [6.07, 6.45) is 1.29. The van der Waals surface area contributed by atoms with Gasteiger partial charge in [-0.05, 0) is 31.2 Å². The number of nitrogens with one attached hydrogen (secondary N) is 1. The molecule has 1 heterocycles. The molecule has 0 atom stereocenters. The summed E-state index contributed by atoms with van der Waals surface area (Å²) in [6, 6.07) is 7.70. The normalized spacial score (nSPS) is 10.2. The van der Waals surface area contributed by atoms with Crippen LogP contribution >= 0.6 is 0 Å². The molecule has 1 aromatic heterocycles. The molecule has 0 spiro atoms. The Morgan fingerprint density at radius 2 is 2.19 bits per heavy atom. The van der Waals surface area contributed by atoms with E-state index in [-0.39, 0.29) is 11.3 Å². The maximum absolute atomic E-state index is 13.7. The lowest BCUT2D eigenvalue weighted by Crippen LogP contribution is -2.04. The molecule has 2 aromatic rings. The number of carboxylic acid groups (broad SMARTS) is 1. The van der Waals surface area contributed by atoms with E-state index >= 15 is 0 Å². The van der Waals surface area contributed by atoms with Crippen LogP contribution in [-0.2, 0) is 6.54 Å². The lowest BCUT2D eigenvalue weighted by atomic mass is 10.2. The standard InChI is InChI=1S/C15H15FN2O3/c1-2-21-14-6-5-11(7-13(14)16)18-9-12-4-3-10(8-17-12)15(19)20/h3-8,18H,2,9H2,1H3,(H,19,20). The fourth-order valence-corrected chi connectivity index (χ4v) is 1.73. The van der Waals surface area contributed by atoms with E-state index in [1.165, 1.54) is 18.3 Å². The second kappa shape index (κ2) is 6.69. The van der Waals surface area contributed by atoms with Crippen molar-refractivity contribution in [1.29, 1.82) is 0 Å². The van der Waals surface area contributed by atoms with Gasteiger partial charge in [-0.25, -0.2) is 9.18 Å². The molecule has 0 bridgehead atoms. The Morgan fingerprint density at radius 3 is 2.76 bits per heavy atom. The summed E-state index contributed by atoms with van der Waals surface area (Å²) in [5.74, 6) is -1.24. The van der Waals surface area contributed by atoms with Crippen molar-refractivity contribution in [3.8, 4) is 5.75 Å². The molecule has 0 saturated carbocycles. The van der Waals surface area contributed by atoms with Gasteiger partial charge in [-0.15, -0.1) is 0 Å². The van der Waals surface area contributed by atoms with Gasteiger partial charge in [-0.2, -0.15) is 0 Å². The van der Waals surface area contributed by atoms with E-state index in [1.807, 2.05) is 0 Å². The Balaban J connectivity index is 1.99. The molecule has 21 heavy (non-hydrogen) atoms. The van der Waals surface area contributed by atoms with E-state index in [1.54, 1.807) is 25.1 Å². The number of halogens is 1. The molecule has 0 unspecified atom stereocenters. The zero-order valence-corrected chi connectivity index (χ0v) is 11.5. The van der Waals surface area contributed by atoms with E-state index < -0.39 is 11.8 Å². The Kier molecular flexibility index (Phi) is 4.71. The molecule has 0 radical (unpaired) electrons. The van der Waals surface area contributed by atoms with Gasteiger partial charge in [0.1, 0.15) is 0 Å². The zero-order chi connectivity index (χ0) is 15.2. The summed E-state index contributed by atoms with van der Waals surface area (Å²) in [5.41, 5.74) is 1.39. The van der Waals surface area contributed by atoms with Gasteiger partial charge in [0.15, 0.2) is 11.6 Å². The number of carbonyl (C=O) groups is 1. The van der Waals surface area contributed by atoms with Crippen LogP contribution < -0.4 is 10.1 Å². The largest absolute Gasteiger partial charge is 0.491 e. The molecule has 110 valence electrons. The number of hydrogen-bond acceptors (Lipinski definition) is 4. The van der Waals surface area contributed by atoms with Gasteiger partial charge in [-0.3, -0.25) is 4.98 Å². The zero-order valence-electron chi connectivity index (χ0n) is 11.5. The number of pyridine rings is 1. The Labute approximate surface area is 121 Å². The van der Waals surface area contributed by atoms with Crippen LogP contribution in [0, 0.1) is 5.82 Å². The van der Waals surface area contributed by atoms with E-state index in [2.05, 4.69) is 10.3 Å². The number of anilines is 1. The molecule has 0 aliphatic heterocycles. The van der Waals surface area contributed by atoms with Crippen molar-refractivity contribution in [1.82, 2.24) is 4.98 Å². The lowest BCUT2D eigenvalue weighted by Gasteiger charge is -2.09. The average Bonchev–Trinajstić information content (AvgIpc) is 2.48. The SMILES string of the molecule is CCOc1ccc(NCc2ccc(C(=O)O)cn2)cc1F. The summed E-state index contributed by atoms with van der Waals surface area (Å²) in [5, 5.41) is 11.8. The Bertz CT molecular complexity index is 629. The van der Waals surface area contributed by atoms with Crippen LogP contribution in [0.5, 0.6) is 5.75 Å². The number of hydrogen-bond donors (Lipinski definition) is 2. The highest BCUT2D eigenvalue weighted by Crippen LogP contribution is 2.21. The molecular formula is C15H15FN2O3. The summed E-state index contributed by atoms with van der Waals surface area (Å²) >= 11 is 0. The van der Waals surface area contributed by atoms with Gasteiger partial charge in [0, 0.05) is 18.0 Å². The van der Waals surface area contributed by atoms with Gasteiger partial charge in [0.2, 0.25) is 0 Å². The molecule has 0 saturated heterocycles. The van der Waals surface area contributed by atoms with Crippen LogP contribution in [0.3, 0.4) is 0 Å². The molecular weight excluding hydrogens is 275 g/mol. The predicted octanol–water partition coefficient (Wildman–Crippen LogP) is 2.93. The number of carboxylic acids is 1. The molecule has 0 amide bonds. The highest BCUT2D eigenvalue weighted by molar-refractivity contribution is 5.87. The molecule has 2 rings (SSSR count). The second-order valence-electron chi connectivity index (χ2n) is 4.28. The fraction of sp³-hybridized carbons (Fsp3) is 0.200. The third-order valence-corrected chi connectivity index (χ3v) is 2.78. The van der Waals surface area contributed by atoms with Crippen molar-refractivity contribution in [3.63, 3.8) is 0 Å². The number of aromatic nitrogens is 1. The van der Waals surface area contributed by atoms with Crippen molar-refractivity contribution in [2.75, 3.05) is 11.9 Å². The smallest absolute Gasteiger partial charge is 0.337 e. The Morgan fingerprint density at radius 1 is 1.38 bits per heavy atom. The molecule has 1 aromatic carbocycles. The third-order valence-electron chi connectivity index (χ3n) is 2.78. The van der Waals surface area contributed by atoms with E-state index in [9.17, 15) is 9.18 Å². The fourth-order valence-electron chi connectivity index (χ4n) is 1.73. The minimum Gasteiger partial charge on any atom is -0.491 e. The van der Waals surface area contributed by atoms with Gasteiger partial charge in [0.25, 0.3) is 0 Å². The van der Waals surface area contributed by atoms with Crippen LogP contribution in [0.15, 0.2) is 36.5 Å². The summed E-state index contributed by atoms with van der Waals surface area (Å²) in [6.45, 7) is 2.56. The van der Waals surface area contributed by atoms with Crippen LogP contribution in [-0.4, -0.2) is 22.7 Å². The molecule has 0 aliphatic carbocycles. The van der Waals surface area contributed by atoms with E-state index in [4.69, 9.17) is 9.84 Å². The number of aromatic carboxylic acids is 1. The molecule has 5 nitrogen and oxygen atoms in total. The van der Waals surface area contributed by atoms with Gasteiger partial charge in [0.05, 0.1) is 24.4 Å². The van der Waals surface area contributed by atoms with Crippen molar-refractivity contribution in [3.05, 3.63) is 53.6 Å². The molecule has 2 N–H and O–H groups in total. The topological polar surface area (TPSA) is 71.5 Å². The van der Waals surface area contributed by atoms with Gasteiger partial charge >= 0.3 is 5.97 Å². The summed E-state index contributed by atoms with van der Waals surface area (Å²) in [4.78, 5) is 14.7. The summed E-state index contributed by atoms with van der Waals surface area (Å²) < 4.78 is 18.8. The van der Waals surface area contributed by atoms with Crippen molar-refractivity contribution in [2.24, 2.45) is 0 Å². The minimum atomic E-state index is -1.02. The first-order valence-corrected chi connectivity index (χ1v) is 6.44. The Hall–Kier alpha value is -2.63. The van der Waals surface area contributed by atoms with Crippen molar-refractivity contribution >= 4 is 11.7 Å².